The summed E-state index contributed by atoms with van der Waals surface area (Å²) in [5, 5.41) is 7.74. The van der Waals surface area contributed by atoms with Gasteiger partial charge in [-0.1, -0.05) is 13.8 Å². The number of ether oxygens (including phenoxy) is 1. The number of carbonyl (C=O) groups excluding carboxylic acids is 1. The monoisotopic (exact) mass is 335 g/mol. The second kappa shape index (κ2) is 8.04. The largest absolute Gasteiger partial charge is 0.444 e. The van der Waals surface area contributed by atoms with Gasteiger partial charge in [-0.05, 0) is 71.3 Å². The molecule has 2 rings (SSSR count). The molecule has 1 aromatic heterocycles. The molecule has 1 N–H and O–H groups in total. The smallest absolute Gasteiger partial charge is 0.407 e. The van der Waals surface area contributed by atoms with Crippen molar-refractivity contribution in [3.8, 4) is 0 Å². The Morgan fingerprint density at radius 3 is 2.46 bits per heavy atom. The highest BCUT2D eigenvalue weighted by molar-refractivity contribution is 5.68. The lowest BCUT2D eigenvalue weighted by Crippen LogP contribution is -2.41. The van der Waals surface area contributed by atoms with Crippen molar-refractivity contribution in [3.05, 3.63) is 17.5 Å². The number of nitrogens with zero attached hydrogens (tertiary/aromatic N) is 2. The summed E-state index contributed by atoms with van der Waals surface area (Å²) in [5.41, 5.74) is 2.09. The summed E-state index contributed by atoms with van der Waals surface area (Å²) in [6, 6.07) is 2.47. The number of nitrogens with one attached hydrogen (secondary N) is 1. The van der Waals surface area contributed by atoms with Crippen molar-refractivity contribution in [3.63, 3.8) is 0 Å². The Bertz CT molecular complexity index is 537. The van der Waals surface area contributed by atoms with Crippen LogP contribution < -0.4 is 5.32 Å². The Morgan fingerprint density at radius 1 is 1.25 bits per heavy atom. The van der Waals surface area contributed by atoms with Crippen LogP contribution in [0.15, 0.2) is 6.07 Å². The van der Waals surface area contributed by atoms with Gasteiger partial charge in [-0.15, -0.1) is 0 Å². The highest BCUT2D eigenvalue weighted by atomic mass is 16.6. The van der Waals surface area contributed by atoms with Gasteiger partial charge in [-0.3, -0.25) is 4.68 Å². The van der Waals surface area contributed by atoms with E-state index in [0.29, 0.717) is 5.92 Å². The van der Waals surface area contributed by atoms with Gasteiger partial charge in [0.1, 0.15) is 5.60 Å². The van der Waals surface area contributed by atoms with Crippen molar-refractivity contribution in [1.82, 2.24) is 15.1 Å². The molecule has 1 amide bonds. The molecule has 0 bridgehead atoms. The Balaban J connectivity index is 1.81. The van der Waals surface area contributed by atoms with E-state index in [-0.39, 0.29) is 12.1 Å². The molecule has 0 atom stereocenters. The van der Waals surface area contributed by atoms with Crippen LogP contribution in [0.2, 0.25) is 0 Å². The number of carbonyl (C=O) groups is 1. The lowest BCUT2D eigenvalue weighted by atomic mass is 9.86. The summed E-state index contributed by atoms with van der Waals surface area (Å²) in [6.45, 7) is 11.0. The maximum absolute atomic E-state index is 11.9. The quantitative estimate of drug-likeness (QED) is 0.881. The standard InChI is InChI=1S/C19H33N3O2/c1-6-15-12-17(7-2)22(21-15)13-14-8-10-16(11-9-14)20-18(23)24-19(3,4)5/h12,14,16H,6-11,13H2,1-5H3,(H,20,23). The van der Waals surface area contributed by atoms with Crippen LogP contribution in [0.5, 0.6) is 0 Å². The molecular formula is C19H33N3O2. The van der Waals surface area contributed by atoms with E-state index in [1.807, 2.05) is 20.8 Å². The van der Waals surface area contributed by atoms with Gasteiger partial charge in [0.15, 0.2) is 0 Å². The van der Waals surface area contributed by atoms with Crippen LogP contribution in [0.4, 0.5) is 4.79 Å². The third-order valence-corrected chi connectivity index (χ3v) is 4.64. The number of rotatable bonds is 5. The molecule has 5 nitrogen and oxygen atoms in total. The summed E-state index contributed by atoms with van der Waals surface area (Å²) in [4.78, 5) is 11.9. The van der Waals surface area contributed by atoms with Crippen molar-refractivity contribution in [1.29, 1.82) is 0 Å². The first kappa shape index (κ1) is 18.8. The fraction of sp³-hybridized carbons (Fsp3) is 0.789. The average Bonchev–Trinajstić information content (AvgIpc) is 2.89. The van der Waals surface area contributed by atoms with E-state index in [9.17, 15) is 4.79 Å². The Hall–Kier alpha value is -1.52. The minimum atomic E-state index is -0.436. The molecule has 0 spiro atoms. The molecule has 1 aliphatic rings. The zero-order valence-corrected chi connectivity index (χ0v) is 15.9. The molecule has 1 heterocycles. The van der Waals surface area contributed by atoms with E-state index in [2.05, 4.69) is 29.9 Å². The first-order chi connectivity index (χ1) is 11.3. The number of hydrogen-bond donors (Lipinski definition) is 1. The third-order valence-electron chi connectivity index (χ3n) is 4.64. The predicted octanol–water partition coefficient (Wildman–Crippen LogP) is 4.09. The van der Waals surface area contributed by atoms with Gasteiger partial charge < -0.3 is 10.1 Å². The molecule has 1 aromatic rings. The SMILES string of the molecule is CCc1cc(CC)n(CC2CCC(NC(=O)OC(C)(C)C)CC2)n1. The van der Waals surface area contributed by atoms with Crippen LogP contribution in [0.3, 0.4) is 0 Å². The lowest BCUT2D eigenvalue weighted by molar-refractivity contribution is 0.0485. The van der Waals surface area contributed by atoms with Crippen LogP contribution in [-0.4, -0.2) is 27.5 Å². The molecule has 5 heteroatoms. The Labute approximate surface area is 146 Å². The van der Waals surface area contributed by atoms with Crippen molar-refractivity contribution in [2.45, 2.75) is 91.3 Å². The van der Waals surface area contributed by atoms with Gasteiger partial charge in [-0.2, -0.15) is 5.10 Å². The van der Waals surface area contributed by atoms with Crippen LogP contribution in [0, 0.1) is 5.92 Å². The summed E-state index contributed by atoms with van der Waals surface area (Å²) < 4.78 is 7.54. The molecule has 0 unspecified atom stereocenters. The number of aryl methyl sites for hydroxylation is 2. The second-order valence-electron chi connectivity index (χ2n) is 7.88. The Kier molecular flexibility index (Phi) is 6.30. The number of hydrogen-bond acceptors (Lipinski definition) is 3. The Morgan fingerprint density at radius 2 is 1.92 bits per heavy atom. The van der Waals surface area contributed by atoms with E-state index in [0.717, 1.165) is 45.1 Å². The molecule has 1 saturated carbocycles. The first-order valence-electron chi connectivity index (χ1n) is 9.35. The van der Waals surface area contributed by atoms with E-state index in [1.165, 1.54) is 11.4 Å². The minimum absolute atomic E-state index is 0.241. The number of alkyl carbamates (subject to hydrolysis) is 1. The summed E-state index contributed by atoms with van der Waals surface area (Å²) >= 11 is 0. The topological polar surface area (TPSA) is 56.2 Å². The molecule has 0 aliphatic heterocycles. The fourth-order valence-corrected chi connectivity index (χ4v) is 3.34. The van der Waals surface area contributed by atoms with E-state index in [4.69, 9.17) is 9.84 Å². The van der Waals surface area contributed by atoms with Crippen LogP contribution in [0.1, 0.15) is 71.7 Å². The van der Waals surface area contributed by atoms with Crippen molar-refractivity contribution >= 4 is 6.09 Å². The molecule has 136 valence electrons. The lowest BCUT2D eigenvalue weighted by Gasteiger charge is -2.30. The first-order valence-corrected chi connectivity index (χ1v) is 9.35. The van der Waals surface area contributed by atoms with Gasteiger partial charge in [0.2, 0.25) is 0 Å². The molecule has 1 fully saturated rings. The molecule has 0 radical (unpaired) electrons. The normalized spacial score (nSPS) is 21.5. The fourth-order valence-electron chi connectivity index (χ4n) is 3.34. The minimum Gasteiger partial charge on any atom is -0.444 e. The predicted molar refractivity (Wildman–Crippen MR) is 96.1 cm³/mol. The van der Waals surface area contributed by atoms with E-state index in [1.54, 1.807) is 0 Å². The van der Waals surface area contributed by atoms with Gasteiger partial charge in [-0.25, -0.2) is 4.79 Å². The van der Waals surface area contributed by atoms with Crippen LogP contribution >= 0.6 is 0 Å². The van der Waals surface area contributed by atoms with Gasteiger partial charge >= 0.3 is 6.09 Å². The van der Waals surface area contributed by atoms with Crippen molar-refractivity contribution < 1.29 is 9.53 Å². The van der Waals surface area contributed by atoms with Gasteiger partial charge in [0, 0.05) is 18.3 Å². The summed E-state index contributed by atoms with van der Waals surface area (Å²) in [7, 11) is 0. The van der Waals surface area contributed by atoms with Gasteiger partial charge in [0.25, 0.3) is 0 Å². The number of aromatic nitrogens is 2. The van der Waals surface area contributed by atoms with Crippen molar-refractivity contribution in [2.24, 2.45) is 5.92 Å². The molecule has 0 saturated heterocycles. The van der Waals surface area contributed by atoms with Gasteiger partial charge in [0.05, 0.1) is 5.69 Å². The zero-order chi connectivity index (χ0) is 17.7. The molecule has 0 aromatic carbocycles. The van der Waals surface area contributed by atoms with Crippen LogP contribution in [0.25, 0.3) is 0 Å². The van der Waals surface area contributed by atoms with Crippen LogP contribution in [-0.2, 0) is 24.1 Å². The summed E-state index contributed by atoms with van der Waals surface area (Å²) in [5.74, 6) is 0.650. The highest BCUT2D eigenvalue weighted by Crippen LogP contribution is 2.26. The highest BCUT2D eigenvalue weighted by Gasteiger charge is 2.25. The third kappa shape index (κ3) is 5.53. The van der Waals surface area contributed by atoms with Crippen molar-refractivity contribution in [2.75, 3.05) is 0 Å². The zero-order valence-electron chi connectivity index (χ0n) is 15.9. The van der Waals surface area contributed by atoms with E-state index >= 15 is 0 Å². The number of amides is 1. The molecule has 24 heavy (non-hydrogen) atoms. The summed E-state index contributed by atoms with van der Waals surface area (Å²) in [6.07, 6.45) is 6.03. The van der Waals surface area contributed by atoms with E-state index < -0.39 is 5.60 Å². The molecule has 1 aliphatic carbocycles. The average molecular weight is 335 g/mol. The molecular weight excluding hydrogens is 302 g/mol. The maximum atomic E-state index is 11.9. The maximum Gasteiger partial charge on any atom is 0.407 e. The second-order valence-corrected chi connectivity index (χ2v) is 7.88.